The summed E-state index contributed by atoms with van der Waals surface area (Å²) in [6, 6.07) is 0. The van der Waals surface area contributed by atoms with E-state index in [2.05, 4.69) is 26.7 Å². The van der Waals surface area contributed by atoms with Crippen LogP contribution in [0.15, 0.2) is 0 Å². The van der Waals surface area contributed by atoms with Crippen LogP contribution >= 0.6 is 0 Å². The van der Waals surface area contributed by atoms with Gasteiger partial charge in [0.1, 0.15) is 0 Å². The minimum Gasteiger partial charge on any atom is -0.378 e. The Bertz CT molecular complexity index is 176. The van der Waals surface area contributed by atoms with E-state index in [-0.39, 0.29) is 5.41 Å². The highest BCUT2D eigenvalue weighted by Gasteiger charge is 2.36. The molecule has 0 aromatic rings. The van der Waals surface area contributed by atoms with Crippen LogP contribution < -0.4 is 0 Å². The second-order valence-electron chi connectivity index (χ2n) is 3.84. The van der Waals surface area contributed by atoms with Crippen molar-refractivity contribution in [3.8, 4) is 12.3 Å². The zero-order chi connectivity index (χ0) is 8.48. The van der Waals surface area contributed by atoms with E-state index in [1.807, 2.05) is 0 Å². The summed E-state index contributed by atoms with van der Waals surface area (Å²) in [5.41, 5.74) is -0.00405. The highest BCUT2D eigenvalue weighted by atomic mass is 16.5. The van der Waals surface area contributed by atoms with Crippen LogP contribution in [0.1, 0.15) is 27.2 Å². The summed E-state index contributed by atoms with van der Waals surface area (Å²) >= 11 is 0. The molecule has 2 unspecified atom stereocenters. The van der Waals surface area contributed by atoms with E-state index in [0.717, 1.165) is 13.0 Å². The van der Waals surface area contributed by atoms with E-state index in [1.165, 1.54) is 0 Å². The summed E-state index contributed by atoms with van der Waals surface area (Å²) < 4.78 is 5.46. The minimum absolute atomic E-state index is 0.00405. The summed E-state index contributed by atoms with van der Waals surface area (Å²) in [5, 5.41) is 0. The second kappa shape index (κ2) is 2.87. The van der Waals surface area contributed by atoms with E-state index in [1.54, 1.807) is 0 Å². The molecule has 0 saturated carbocycles. The van der Waals surface area contributed by atoms with Gasteiger partial charge in [-0.1, -0.05) is 0 Å². The first-order valence-corrected chi connectivity index (χ1v) is 4.17. The van der Waals surface area contributed by atoms with Crippen molar-refractivity contribution in [2.45, 2.75) is 33.3 Å². The van der Waals surface area contributed by atoms with E-state index in [4.69, 9.17) is 11.2 Å². The number of rotatable bonds is 1. The Morgan fingerprint density at radius 3 is 2.55 bits per heavy atom. The van der Waals surface area contributed by atoms with Crippen LogP contribution in [0.2, 0.25) is 0 Å². The van der Waals surface area contributed by atoms with Crippen molar-refractivity contribution in [3.63, 3.8) is 0 Å². The molecule has 0 aliphatic carbocycles. The first kappa shape index (κ1) is 8.62. The lowest BCUT2D eigenvalue weighted by Gasteiger charge is -2.27. The molecule has 0 bridgehead atoms. The molecule has 1 nitrogen and oxygen atoms in total. The summed E-state index contributed by atoms with van der Waals surface area (Å²) in [6.07, 6.45) is 6.89. The average Bonchev–Trinajstić information content (AvgIpc) is 2.36. The van der Waals surface area contributed by atoms with Gasteiger partial charge < -0.3 is 4.74 Å². The third-order valence-corrected chi connectivity index (χ3v) is 2.68. The van der Waals surface area contributed by atoms with Crippen LogP contribution in [0, 0.1) is 23.7 Å². The molecule has 1 rings (SSSR count). The zero-order valence-corrected chi connectivity index (χ0v) is 7.55. The van der Waals surface area contributed by atoms with Crippen molar-refractivity contribution in [3.05, 3.63) is 0 Å². The average molecular weight is 152 g/mol. The van der Waals surface area contributed by atoms with E-state index < -0.39 is 0 Å². The molecule has 1 fully saturated rings. The Hall–Kier alpha value is -0.480. The molecular formula is C10H16O. The molecule has 0 amide bonds. The van der Waals surface area contributed by atoms with Crippen LogP contribution in [0.25, 0.3) is 0 Å². The Balaban J connectivity index is 2.68. The Labute approximate surface area is 69.1 Å². The van der Waals surface area contributed by atoms with Crippen LogP contribution in [-0.4, -0.2) is 12.7 Å². The van der Waals surface area contributed by atoms with Gasteiger partial charge in [-0.05, 0) is 27.2 Å². The van der Waals surface area contributed by atoms with Crippen molar-refractivity contribution >= 4 is 0 Å². The van der Waals surface area contributed by atoms with Crippen molar-refractivity contribution < 1.29 is 4.74 Å². The predicted octanol–water partition coefficient (Wildman–Crippen LogP) is 2.07. The zero-order valence-electron chi connectivity index (χ0n) is 7.55. The third-order valence-electron chi connectivity index (χ3n) is 2.68. The molecule has 2 atom stereocenters. The maximum absolute atomic E-state index is 5.46. The Kier molecular flexibility index (Phi) is 2.25. The van der Waals surface area contributed by atoms with Gasteiger partial charge in [0, 0.05) is 17.9 Å². The highest BCUT2D eigenvalue weighted by Crippen LogP contribution is 2.36. The van der Waals surface area contributed by atoms with Gasteiger partial charge in [-0.15, -0.1) is 12.3 Å². The molecule has 1 heteroatoms. The van der Waals surface area contributed by atoms with Crippen LogP contribution in [0.3, 0.4) is 0 Å². The lowest BCUT2D eigenvalue weighted by atomic mass is 9.76. The number of ether oxygens (including phenoxy) is 1. The van der Waals surface area contributed by atoms with Gasteiger partial charge in [-0.25, -0.2) is 0 Å². The Morgan fingerprint density at radius 1 is 1.55 bits per heavy atom. The maximum atomic E-state index is 5.46. The predicted molar refractivity (Wildman–Crippen MR) is 46.1 cm³/mol. The number of hydrogen-bond donors (Lipinski definition) is 0. The summed E-state index contributed by atoms with van der Waals surface area (Å²) in [4.78, 5) is 0. The SMILES string of the molecule is C#CC(C)(C)C1CCOC1C. The molecule has 1 heterocycles. The van der Waals surface area contributed by atoms with Gasteiger partial charge in [0.25, 0.3) is 0 Å². The van der Waals surface area contributed by atoms with Gasteiger partial charge in [-0.3, -0.25) is 0 Å². The van der Waals surface area contributed by atoms with Crippen LogP contribution in [0.5, 0.6) is 0 Å². The molecule has 11 heavy (non-hydrogen) atoms. The molecular weight excluding hydrogens is 136 g/mol. The fourth-order valence-corrected chi connectivity index (χ4v) is 1.79. The van der Waals surface area contributed by atoms with E-state index in [0.29, 0.717) is 12.0 Å². The largest absolute Gasteiger partial charge is 0.378 e. The molecule has 0 spiro atoms. The molecule has 1 aliphatic rings. The summed E-state index contributed by atoms with van der Waals surface area (Å²) in [5.74, 6) is 3.37. The third kappa shape index (κ3) is 1.57. The van der Waals surface area contributed by atoms with Crippen molar-refractivity contribution in [2.24, 2.45) is 11.3 Å². The topological polar surface area (TPSA) is 9.23 Å². The second-order valence-corrected chi connectivity index (χ2v) is 3.84. The number of hydrogen-bond acceptors (Lipinski definition) is 1. The standard InChI is InChI=1S/C10H16O/c1-5-10(3,4)9-6-7-11-8(9)2/h1,8-9H,6-7H2,2-4H3. The lowest BCUT2D eigenvalue weighted by Crippen LogP contribution is -2.27. The smallest absolute Gasteiger partial charge is 0.0590 e. The fraction of sp³-hybridized carbons (Fsp3) is 0.800. The summed E-state index contributed by atoms with van der Waals surface area (Å²) in [6.45, 7) is 7.21. The molecule has 1 saturated heterocycles. The normalized spacial score (nSPS) is 31.8. The monoisotopic (exact) mass is 152 g/mol. The van der Waals surface area contributed by atoms with Gasteiger partial charge in [-0.2, -0.15) is 0 Å². The van der Waals surface area contributed by atoms with Crippen molar-refractivity contribution in [1.29, 1.82) is 0 Å². The van der Waals surface area contributed by atoms with Gasteiger partial charge in [0.2, 0.25) is 0 Å². The highest BCUT2D eigenvalue weighted by molar-refractivity contribution is 5.06. The van der Waals surface area contributed by atoms with E-state index in [9.17, 15) is 0 Å². The fourth-order valence-electron chi connectivity index (χ4n) is 1.79. The van der Waals surface area contributed by atoms with E-state index >= 15 is 0 Å². The molecule has 0 N–H and O–H groups in total. The van der Waals surface area contributed by atoms with Crippen molar-refractivity contribution in [1.82, 2.24) is 0 Å². The molecule has 62 valence electrons. The van der Waals surface area contributed by atoms with Gasteiger partial charge in [0.05, 0.1) is 6.10 Å². The van der Waals surface area contributed by atoms with Gasteiger partial charge >= 0.3 is 0 Å². The quantitative estimate of drug-likeness (QED) is 0.523. The Morgan fingerprint density at radius 2 is 2.18 bits per heavy atom. The first-order chi connectivity index (χ1) is 5.08. The number of terminal acetylenes is 1. The van der Waals surface area contributed by atoms with Gasteiger partial charge in [0.15, 0.2) is 0 Å². The molecule has 0 aromatic carbocycles. The first-order valence-electron chi connectivity index (χ1n) is 4.17. The van der Waals surface area contributed by atoms with Crippen molar-refractivity contribution in [2.75, 3.05) is 6.61 Å². The lowest BCUT2D eigenvalue weighted by molar-refractivity contribution is 0.0830. The summed E-state index contributed by atoms with van der Waals surface area (Å²) in [7, 11) is 0. The molecule has 1 aliphatic heterocycles. The maximum Gasteiger partial charge on any atom is 0.0590 e. The van der Waals surface area contributed by atoms with Crippen LogP contribution in [-0.2, 0) is 4.74 Å². The molecule has 0 radical (unpaired) electrons. The van der Waals surface area contributed by atoms with Crippen LogP contribution in [0.4, 0.5) is 0 Å². The minimum atomic E-state index is -0.00405. The molecule has 0 aromatic heterocycles.